The minimum Gasteiger partial charge on any atom is -0.359 e. The van der Waals surface area contributed by atoms with E-state index in [1.165, 1.54) is 0 Å². The molecule has 0 radical (unpaired) electrons. The number of pyridine rings is 1. The molecule has 0 aliphatic heterocycles. The minimum atomic E-state index is 0.251. The molecule has 0 aliphatic rings. The molecule has 0 amide bonds. The SMILES string of the molecule is Clc1nccc(-c2c[nH]c3cnccc23)n1. The molecule has 3 rings (SSSR count). The molecule has 5 heteroatoms. The average molecular weight is 231 g/mol. The summed E-state index contributed by atoms with van der Waals surface area (Å²) in [5.41, 5.74) is 2.78. The number of aromatic amines is 1. The van der Waals surface area contributed by atoms with Crippen LogP contribution in [-0.2, 0) is 0 Å². The highest BCUT2D eigenvalue weighted by atomic mass is 35.5. The Bertz CT molecular complexity index is 647. The van der Waals surface area contributed by atoms with Gasteiger partial charge in [0.25, 0.3) is 0 Å². The van der Waals surface area contributed by atoms with Crippen molar-refractivity contribution in [3.8, 4) is 11.3 Å². The zero-order chi connectivity index (χ0) is 11.0. The first-order valence-corrected chi connectivity index (χ1v) is 5.12. The molecule has 0 unspecified atom stereocenters. The van der Waals surface area contributed by atoms with Gasteiger partial charge in [-0.25, -0.2) is 9.97 Å². The molecule has 0 saturated heterocycles. The van der Waals surface area contributed by atoms with E-state index in [2.05, 4.69) is 19.9 Å². The second-order valence-electron chi connectivity index (χ2n) is 3.33. The van der Waals surface area contributed by atoms with Crippen molar-refractivity contribution in [3.05, 3.63) is 42.2 Å². The van der Waals surface area contributed by atoms with Crippen molar-refractivity contribution in [2.75, 3.05) is 0 Å². The maximum atomic E-state index is 5.77. The number of hydrogen-bond acceptors (Lipinski definition) is 3. The summed E-state index contributed by atoms with van der Waals surface area (Å²) in [6.07, 6.45) is 7.07. The van der Waals surface area contributed by atoms with E-state index in [1.807, 2.05) is 18.3 Å². The number of H-pyrrole nitrogens is 1. The van der Waals surface area contributed by atoms with Gasteiger partial charge in [-0.15, -0.1) is 0 Å². The Labute approximate surface area is 96.3 Å². The minimum absolute atomic E-state index is 0.251. The fraction of sp³-hybridized carbons (Fsp3) is 0. The van der Waals surface area contributed by atoms with Crippen LogP contribution in [0.1, 0.15) is 0 Å². The van der Waals surface area contributed by atoms with Crippen LogP contribution in [0, 0.1) is 0 Å². The van der Waals surface area contributed by atoms with Crippen molar-refractivity contribution in [2.24, 2.45) is 0 Å². The molecule has 0 saturated carbocycles. The second-order valence-corrected chi connectivity index (χ2v) is 3.67. The molecule has 0 aromatic carbocycles. The molecule has 78 valence electrons. The molecule has 3 aromatic rings. The maximum Gasteiger partial charge on any atom is 0.222 e. The lowest BCUT2D eigenvalue weighted by atomic mass is 10.1. The van der Waals surface area contributed by atoms with Crippen LogP contribution < -0.4 is 0 Å². The van der Waals surface area contributed by atoms with Gasteiger partial charge < -0.3 is 4.98 Å². The summed E-state index contributed by atoms with van der Waals surface area (Å²) in [6.45, 7) is 0. The average Bonchev–Trinajstić information content (AvgIpc) is 2.72. The topological polar surface area (TPSA) is 54.5 Å². The third-order valence-electron chi connectivity index (χ3n) is 2.39. The van der Waals surface area contributed by atoms with E-state index >= 15 is 0 Å². The first-order chi connectivity index (χ1) is 7.84. The molecule has 3 heterocycles. The van der Waals surface area contributed by atoms with Crippen molar-refractivity contribution in [1.82, 2.24) is 19.9 Å². The Balaban J connectivity index is 2.26. The third-order valence-corrected chi connectivity index (χ3v) is 2.57. The van der Waals surface area contributed by atoms with Gasteiger partial charge >= 0.3 is 0 Å². The number of aromatic nitrogens is 4. The number of rotatable bonds is 1. The molecular formula is C11H7ClN4. The highest BCUT2D eigenvalue weighted by Crippen LogP contribution is 2.26. The highest BCUT2D eigenvalue weighted by Gasteiger charge is 2.07. The van der Waals surface area contributed by atoms with Crippen LogP contribution in [-0.4, -0.2) is 19.9 Å². The first-order valence-electron chi connectivity index (χ1n) is 4.74. The van der Waals surface area contributed by atoms with Crippen LogP contribution in [0.25, 0.3) is 22.2 Å². The number of halogens is 1. The fourth-order valence-electron chi connectivity index (χ4n) is 1.67. The number of nitrogens with one attached hydrogen (secondary N) is 1. The van der Waals surface area contributed by atoms with Crippen molar-refractivity contribution < 1.29 is 0 Å². The molecule has 0 atom stereocenters. The highest BCUT2D eigenvalue weighted by molar-refractivity contribution is 6.28. The van der Waals surface area contributed by atoms with Crippen molar-refractivity contribution in [2.45, 2.75) is 0 Å². The van der Waals surface area contributed by atoms with Gasteiger partial charge in [0.1, 0.15) is 0 Å². The number of nitrogens with zero attached hydrogens (tertiary/aromatic N) is 3. The Hall–Kier alpha value is -1.94. The standard InChI is InChI=1S/C11H7ClN4/c12-11-14-4-2-9(16-11)8-5-15-10-6-13-3-1-7(8)10/h1-6,15H. The van der Waals surface area contributed by atoms with Crippen LogP contribution in [0.15, 0.2) is 36.9 Å². The lowest BCUT2D eigenvalue weighted by Gasteiger charge is -1.97. The van der Waals surface area contributed by atoms with E-state index < -0.39 is 0 Å². The van der Waals surface area contributed by atoms with Gasteiger partial charge in [-0.3, -0.25) is 4.98 Å². The summed E-state index contributed by atoms with van der Waals surface area (Å²) in [4.78, 5) is 15.2. The zero-order valence-electron chi connectivity index (χ0n) is 8.18. The predicted molar refractivity (Wildman–Crippen MR) is 62.1 cm³/mol. The van der Waals surface area contributed by atoms with Gasteiger partial charge in [0.15, 0.2) is 0 Å². The van der Waals surface area contributed by atoms with Gasteiger partial charge in [0.05, 0.1) is 17.4 Å². The lowest BCUT2D eigenvalue weighted by Crippen LogP contribution is -1.85. The number of fused-ring (bicyclic) bond motifs is 1. The predicted octanol–water partition coefficient (Wildman–Crippen LogP) is 2.67. The molecule has 16 heavy (non-hydrogen) atoms. The summed E-state index contributed by atoms with van der Waals surface area (Å²) in [5.74, 6) is 0. The van der Waals surface area contributed by atoms with Gasteiger partial charge in [0, 0.05) is 29.5 Å². The second kappa shape index (κ2) is 3.57. The Morgan fingerprint density at radius 2 is 2.12 bits per heavy atom. The summed E-state index contributed by atoms with van der Waals surface area (Å²) in [5, 5.41) is 1.32. The van der Waals surface area contributed by atoms with E-state index in [0.29, 0.717) is 0 Å². The Morgan fingerprint density at radius 1 is 1.19 bits per heavy atom. The van der Waals surface area contributed by atoms with E-state index in [0.717, 1.165) is 22.2 Å². The summed E-state index contributed by atoms with van der Waals surface area (Å²) in [7, 11) is 0. The molecule has 0 fully saturated rings. The van der Waals surface area contributed by atoms with Crippen LogP contribution in [0.3, 0.4) is 0 Å². The number of hydrogen-bond donors (Lipinski definition) is 1. The van der Waals surface area contributed by atoms with Crippen LogP contribution in [0.2, 0.25) is 5.28 Å². The molecule has 1 N–H and O–H groups in total. The van der Waals surface area contributed by atoms with E-state index in [1.54, 1.807) is 18.6 Å². The Morgan fingerprint density at radius 3 is 3.00 bits per heavy atom. The third kappa shape index (κ3) is 1.44. The quantitative estimate of drug-likeness (QED) is 0.654. The summed E-state index contributed by atoms with van der Waals surface area (Å²) < 4.78 is 0. The normalized spacial score (nSPS) is 10.8. The summed E-state index contributed by atoms with van der Waals surface area (Å²) >= 11 is 5.77. The lowest BCUT2D eigenvalue weighted by molar-refractivity contribution is 1.17. The summed E-state index contributed by atoms with van der Waals surface area (Å²) in [6, 6.07) is 3.77. The molecule has 0 aliphatic carbocycles. The maximum absolute atomic E-state index is 5.77. The van der Waals surface area contributed by atoms with E-state index in [4.69, 9.17) is 11.6 Å². The van der Waals surface area contributed by atoms with E-state index in [-0.39, 0.29) is 5.28 Å². The Kier molecular flexibility index (Phi) is 2.08. The molecule has 3 aromatic heterocycles. The zero-order valence-corrected chi connectivity index (χ0v) is 8.94. The van der Waals surface area contributed by atoms with Crippen LogP contribution >= 0.6 is 11.6 Å². The largest absolute Gasteiger partial charge is 0.359 e. The van der Waals surface area contributed by atoms with Crippen molar-refractivity contribution in [3.63, 3.8) is 0 Å². The van der Waals surface area contributed by atoms with Crippen molar-refractivity contribution >= 4 is 22.5 Å². The van der Waals surface area contributed by atoms with Crippen LogP contribution in [0.4, 0.5) is 0 Å². The molecule has 0 spiro atoms. The van der Waals surface area contributed by atoms with Gasteiger partial charge in [-0.1, -0.05) is 0 Å². The van der Waals surface area contributed by atoms with Crippen molar-refractivity contribution in [1.29, 1.82) is 0 Å². The van der Waals surface area contributed by atoms with Crippen LogP contribution in [0.5, 0.6) is 0 Å². The molecule has 0 bridgehead atoms. The monoisotopic (exact) mass is 230 g/mol. The van der Waals surface area contributed by atoms with E-state index in [9.17, 15) is 0 Å². The smallest absolute Gasteiger partial charge is 0.222 e. The molecule has 4 nitrogen and oxygen atoms in total. The molecular weight excluding hydrogens is 224 g/mol. The first kappa shape index (κ1) is 9.30. The van der Waals surface area contributed by atoms with Gasteiger partial charge in [-0.2, -0.15) is 0 Å². The fourth-order valence-corrected chi connectivity index (χ4v) is 1.82. The van der Waals surface area contributed by atoms with Gasteiger partial charge in [0.2, 0.25) is 5.28 Å². The van der Waals surface area contributed by atoms with Gasteiger partial charge in [-0.05, 0) is 23.7 Å².